The number of carboxylic acids is 1. The summed E-state index contributed by atoms with van der Waals surface area (Å²) in [6.07, 6.45) is 7.78. The first-order valence-corrected chi connectivity index (χ1v) is 10.4. The van der Waals surface area contributed by atoms with Crippen molar-refractivity contribution in [2.45, 2.75) is 12.8 Å². The zero-order valence-electron chi connectivity index (χ0n) is 17.6. The van der Waals surface area contributed by atoms with E-state index in [-0.39, 0.29) is 0 Å². The number of aryl methyl sites for hydroxylation is 1. The summed E-state index contributed by atoms with van der Waals surface area (Å²) in [6, 6.07) is 20.0. The van der Waals surface area contributed by atoms with Crippen LogP contribution in [0.2, 0.25) is 0 Å². The van der Waals surface area contributed by atoms with Crippen LogP contribution in [0.5, 0.6) is 0 Å². The molecule has 2 N–H and O–H groups in total. The standard InChI is InChI=1S/C27H20FN3O2/c28-24-11-9-19(22(15-24)16-29)2-1-3-25(21-10-12-26-23(14-21)17-30-31-26)20-7-4-18(5-8-20)6-13-27(32)33/h3-15,17H,1-2H2,(H,30,31)(H,32,33)/b13-6+,25-3+. The van der Waals surface area contributed by atoms with Crippen molar-refractivity contribution in [1.82, 2.24) is 10.2 Å². The van der Waals surface area contributed by atoms with Crippen LogP contribution < -0.4 is 0 Å². The van der Waals surface area contributed by atoms with Crippen molar-refractivity contribution < 1.29 is 14.3 Å². The van der Waals surface area contributed by atoms with Crippen LogP contribution in [0.25, 0.3) is 22.6 Å². The van der Waals surface area contributed by atoms with Gasteiger partial charge in [-0.2, -0.15) is 10.4 Å². The number of H-pyrrole nitrogens is 1. The average Bonchev–Trinajstić information content (AvgIpc) is 3.29. The maximum absolute atomic E-state index is 13.5. The number of allylic oxidation sites excluding steroid dienone is 1. The zero-order chi connectivity index (χ0) is 23.2. The molecule has 0 saturated heterocycles. The fourth-order valence-electron chi connectivity index (χ4n) is 3.70. The molecule has 0 bridgehead atoms. The van der Waals surface area contributed by atoms with Gasteiger partial charge in [-0.25, -0.2) is 9.18 Å². The third kappa shape index (κ3) is 5.23. The van der Waals surface area contributed by atoms with Gasteiger partial charge in [-0.15, -0.1) is 0 Å². The number of halogens is 1. The molecule has 0 spiro atoms. The molecular formula is C27H20FN3O2. The Morgan fingerprint density at radius 3 is 2.64 bits per heavy atom. The van der Waals surface area contributed by atoms with Gasteiger partial charge in [0, 0.05) is 11.5 Å². The summed E-state index contributed by atoms with van der Waals surface area (Å²) in [6.45, 7) is 0. The number of carboxylic acid groups (broad SMARTS) is 1. The number of rotatable bonds is 7. The first kappa shape index (κ1) is 21.7. The molecular weight excluding hydrogens is 417 g/mol. The molecule has 4 aromatic rings. The molecule has 0 fully saturated rings. The highest BCUT2D eigenvalue weighted by Crippen LogP contribution is 2.28. The molecule has 1 heterocycles. The van der Waals surface area contributed by atoms with Gasteiger partial charge < -0.3 is 5.11 Å². The van der Waals surface area contributed by atoms with Crippen molar-refractivity contribution in [1.29, 1.82) is 5.26 Å². The van der Waals surface area contributed by atoms with Crippen LogP contribution in [0.3, 0.4) is 0 Å². The number of nitriles is 1. The third-order valence-corrected chi connectivity index (χ3v) is 5.35. The Hall–Kier alpha value is -4.50. The van der Waals surface area contributed by atoms with E-state index in [4.69, 9.17) is 5.11 Å². The molecule has 6 heteroatoms. The Labute approximate surface area is 190 Å². The Balaban J connectivity index is 1.67. The van der Waals surface area contributed by atoms with Crippen LogP contribution in [0.15, 0.2) is 79.0 Å². The number of aliphatic carboxylic acids is 1. The molecule has 0 radical (unpaired) electrons. The smallest absolute Gasteiger partial charge is 0.328 e. The van der Waals surface area contributed by atoms with E-state index in [0.29, 0.717) is 18.4 Å². The molecule has 0 atom stereocenters. The van der Waals surface area contributed by atoms with Crippen LogP contribution >= 0.6 is 0 Å². The summed E-state index contributed by atoms with van der Waals surface area (Å²) >= 11 is 0. The Morgan fingerprint density at radius 1 is 1.09 bits per heavy atom. The summed E-state index contributed by atoms with van der Waals surface area (Å²) in [5, 5.41) is 26.2. The molecule has 0 amide bonds. The fourth-order valence-corrected chi connectivity index (χ4v) is 3.70. The van der Waals surface area contributed by atoms with Gasteiger partial charge in [-0.05, 0) is 71.0 Å². The van der Waals surface area contributed by atoms with Crippen molar-refractivity contribution in [2.75, 3.05) is 0 Å². The number of aromatic nitrogens is 2. The van der Waals surface area contributed by atoms with Crippen LogP contribution in [0.1, 0.15) is 34.2 Å². The lowest BCUT2D eigenvalue weighted by atomic mass is 9.94. The number of fused-ring (bicyclic) bond motifs is 1. The first-order valence-electron chi connectivity index (χ1n) is 10.4. The van der Waals surface area contributed by atoms with Crippen molar-refractivity contribution in [3.05, 3.63) is 113 Å². The first-order chi connectivity index (χ1) is 16.0. The number of hydrogen-bond acceptors (Lipinski definition) is 3. The lowest BCUT2D eigenvalue weighted by Gasteiger charge is -2.10. The van der Waals surface area contributed by atoms with Crippen molar-refractivity contribution in [3.63, 3.8) is 0 Å². The number of aromatic amines is 1. The molecule has 0 saturated carbocycles. The molecule has 1 aromatic heterocycles. The van der Waals surface area contributed by atoms with Gasteiger partial charge in [0.25, 0.3) is 0 Å². The van der Waals surface area contributed by atoms with E-state index in [0.717, 1.165) is 44.8 Å². The second kappa shape index (κ2) is 9.75. The molecule has 3 aromatic carbocycles. The third-order valence-electron chi connectivity index (χ3n) is 5.35. The topological polar surface area (TPSA) is 89.8 Å². The molecule has 0 unspecified atom stereocenters. The van der Waals surface area contributed by atoms with Gasteiger partial charge in [-0.1, -0.05) is 42.5 Å². The van der Waals surface area contributed by atoms with Crippen LogP contribution in [-0.2, 0) is 11.2 Å². The van der Waals surface area contributed by atoms with Gasteiger partial charge >= 0.3 is 5.97 Å². The molecule has 0 aliphatic carbocycles. The normalized spacial score (nSPS) is 11.7. The highest BCUT2D eigenvalue weighted by Gasteiger charge is 2.09. The van der Waals surface area contributed by atoms with Gasteiger partial charge in [0.05, 0.1) is 23.3 Å². The predicted molar refractivity (Wildman–Crippen MR) is 126 cm³/mol. The minimum absolute atomic E-state index is 0.347. The number of benzene rings is 3. The molecule has 0 aliphatic heterocycles. The van der Waals surface area contributed by atoms with E-state index >= 15 is 0 Å². The zero-order valence-corrected chi connectivity index (χ0v) is 17.6. The molecule has 5 nitrogen and oxygen atoms in total. The lowest BCUT2D eigenvalue weighted by Crippen LogP contribution is -1.93. The van der Waals surface area contributed by atoms with Gasteiger partial charge in [0.2, 0.25) is 0 Å². The van der Waals surface area contributed by atoms with E-state index in [1.54, 1.807) is 18.3 Å². The molecule has 162 valence electrons. The average molecular weight is 437 g/mol. The predicted octanol–water partition coefficient (Wildman–Crippen LogP) is 5.74. The van der Waals surface area contributed by atoms with E-state index in [1.165, 1.54) is 12.1 Å². The number of carbonyl (C=O) groups is 1. The number of nitrogens with one attached hydrogen (secondary N) is 1. The van der Waals surface area contributed by atoms with Gasteiger partial charge in [0.1, 0.15) is 5.82 Å². The Bertz CT molecular complexity index is 1410. The maximum Gasteiger partial charge on any atom is 0.328 e. The van der Waals surface area contributed by atoms with Gasteiger partial charge in [0.15, 0.2) is 0 Å². The van der Waals surface area contributed by atoms with Crippen molar-refractivity contribution in [3.8, 4) is 6.07 Å². The van der Waals surface area contributed by atoms with Crippen LogP contribution in [0, 0.1) is 17.1 Å². The summed E-state index contributed by atoms with van der Waals surface area (Å²) in [5.74, 6) is -1.41. The second-order valence-corrected chi connectivity index (χ2v) is 7.54. The quantitative estimate of drug-likeness (QED) is 0.361. The molecule has 4 rings (SSSR count). The summed E-state index contributed by atoms with van der Waals surface area (Å²) in [4.78, 5) is 10.8. The number of nitrogens with zero attached hydrogens (tertiary/aromatic N) is 2. The lowest BCUT2D eigenvalue weighted by molar-refractivity contribution is -0.131. The Kier molecular flexibility index (Phi) is 6.42. The fraction of sp³-hybridized carbons (Fsp3) is 0.0741. The second-order valence-electron chi connectivity index (χ2n) is 7.54. The van der Waals surface area contributed by atoms with Crippen LogP contribution in [0.4, 0.5) is 4.39 Å². The highest BCUT2D eigenvalue weighted by atomic mass is 19.1. The minimum atomic E-state index is -0.995. The van der Waals surface area contributed by atoms with E-state index in [2.05, 4.69) is 28.4 Å². The Morgan fingerprint density at radius 2 is 1.88 bits per heavy atom. The maximum atomic E-state index is 13.5. The van der Waals surface area contributed by atoms with Crippen LogP contribution in [-0.4, -0.2) is 21.3 Å². The van der Waals surface area contributed by atoms with E-state index < -0.39 is 11.8 Å². The summed E-state index contributed by atoms with van der Waals surface area (Å²) in [5.41, 5.74) is 5.87. The SMILES string of the molecule is N#Cc1cc(F)ccc1CC/C=C(\c1ccc(/C=C/C(=O)O)cc1)c1ccc2[nH]ncc2c1. The van der Waals surface area contributed by atoms with Crippen molar-refractivity contribution >= 4 is 28.5 Å². The summed E-state index contributed by atoms with van der Waals surface area (Å²) < 4.78 is 13.5. The molecule has 0 aliphatic rings. The van der Waals surface area contributed by atoms with E-state index in [1.807, 2.05) is 36.4 Å². The number of hydrogen-bond donors (Lipinski definition) is 2. The van der Waals surface area contributed by atoms with Crippen molar-refractivity contribution in [2.24, 2.45) is 0 Å². The molecule has 33 heavy (non-hydrogen) atoms. The minimum Gasteiger partial charge on any atom is -0.478 e. The van der Waals surface area contributed by atoms with Gasteiger partial charge in [-0.3, -0.25) is 5.10 Å². The summed E-state index contributed by atoms with van der Waals surface area (Å²) in [7, 11) is 0. The largest absolute Gasteiger partial charge is 0.478 e. The monoisotopic (exact) mass is 437 g/mol. The highest BCUT2D eigenvalue weighted by molar-refractivity contribution is 5.88. The van der Waals surface area contributed by atoms with E-state index in [9.17, 15) is 14.4 Å².